The maximum Gasteiger partial charge on any atom is 0.0812 e. The molecule has 0 bridgehead atoms. The van der Waals surface area contributed by atoms with Gasteiger partial charge >= 0.3 is 0 Å². The Morgan fingerprint density at radius 2 is 0.780 bits per heavy atom. The first-order valence-electron chi connectivity index (χ1n) is 14.3. The Hall–Kier alpha value is -3.43. The van der Waals surface area contributed by atoms with Gasteiger partial charge in [0.25, 0.3) is 0 Å². The smallest absolute Gasteiger partial charge is 0.0812 e. The fourth-order valence-corrected chi connectivity index (χ4v) is 4.49. The maximum absolute atomic E-state index is 4.73. The maximum atomic E-state index is 4.73. The Kier molecular flexibility index (Phi) is 13.8. The summed E-state index contributed by atoms with van der Waals surface area (Å²) in [6.45, 7) is 17.7. The van der Waals surface area contributed by atoms with Crippen LogP contribution in [0.15, 0.2) is 95.2 Å². The monoisotopic (exact) mass is 590 g/mol. The SMILES string of the molecule is CC(C)c1cccc(C(C)C)c1N=Cc1ccccn1.CC(C)c1cccc(C(C)C)c1N=Cc1ccccn1.[Ni]. The second-order valence-electron chi connectivity index (χ2n) is 11.2. The van der Waals surface area contributed by atoms with E-state index >= 15 is 0 Å². The van der Waals surface area contributed by atoms with Crippen LogP contribution in [-0.4, -0.2) is 22.4 Å². The van der Waals surface area contributed by atoms with Crippen LogP contribution in [0.3, 0.4) is 0 Å². The van der Waals surface area contributed by atoms with Crippen molar-refractivity contribution in [2.24, 2.45) is 9.98 Å². The molecule has 2 heterocycles. The summed E-state index contributed by atoms with van der Waals surface area (Å²) >= 11 is 0. The van der Waals surface area contributed by atoms with Crippen molar-refractivity contribution in [2.45, 2.75) is 79.1 Å². The predicted molar refractivity (Wildman–Crippen MR) is 172 cm³/mol. The summed E-state index contributed by atoms with van der Waals surface area (Å²) in [5, 5.41) is 0. The first-order chi connectivity index (χ1) is 19.2. The van der Waals surface area contributed by atoms with Crippen LogP contribution in [0.4, 0.5) is 11.4 Å². The van der Waals surface area contributed by atoms with Gasteiger partial charge in [0.15, 0.2) is 0 Å². The molecular weight excluding hydrogens is 547 g/mol. The average molecular weight is 591 g/mol. The summed E-state index contributed by atoms with van der Waals surface area (Å²) in [6.07, 6.45) is 7.29. The third-order valence-electron chi connectivity index (χ3n) is 6.71. The molecule has 218 valence electrons. The third-order valence-corrected chi connectivity index (χ3v) is 6.71. The largest absolute Gasteiger partial charge is 0.255 e. The van der Waals surface area contributed by atoms with Gasteiger partial charge in [-0.05, 0) is 70.2 Å². The normalized spacial score (nSPS) is 11.4. The molecular formula is C36H44N4Ni. The van der Waals surface area contributed by atoms with Crippen LogP contribution >= 0.6 is 0 Å². The summed E-state index contributed by atoms with van der Waals surface area (Å²) in [6, 6.07) is 24.7. The van der Waals surface area contributed by atoms with Crippen LogP contribution in [0.5, 0.6) is 0 Å². The van der Waals surface area contributed by atoms with E-state index in [4.69, 9.17) is 9.98 Å². The van der Waals surface area contributed by atoms with E-state index in [1.807, 2.05) is 48.8 Å². The molecule has 0 atom stereocenters. The zero-order chi connectivity index (χ0) is 29.1. The van der Waals surface area contributed by atoms with Gasteiger partial charge in [-0.15, -0.1) is 0 Å². The fourth-order valence-electron chi connectivity index (χ4n) is 4.49. The molecule has 0 aliphatic rings. The fraction of sp³-hybridized carbons (Fsp3) is 0.333. The number of benzene rings is 2. The Bertz CT molecular complexity index is 1230. The third kappa shape index (κ3) is 9.86. The molecule has 4 aromatic rings. The molecule has 2 aromatic carbocycles. The molecule has 2 aromatic heterocycles. The first-order valence-corrected chi connectivity index (χ1v) is 14.3. The zero-order valence-electron chi connectivity index (χ0n) is 25.7. The van der Waals surface area contributed by atoms with Gasteiger partial charge in [-0.2, -0.15) is 0 Å². The second-order valence-corrected chi connectivity index (χ2v) is 11.2. The molecule has 0 spiro atoms. The molecule has 4 rings (SSSR count). The minimum absolute atomic E-state index is 0. The molecule has 0 saturated carbocycles. The summed E-state index contributed by atoms with van der Waals surface area (Å²) < 4.78 is 0. The summed E-state index contributed by atoms with van der Waals surface area (Å²) in [7, 11) is 0. The second kappa shape index (κ2) is 16.7. The minimum Gasteiger partial charge on any atom is -0.255 e. The number of aliphatic imine (C=N–C) groups is 2. The molecule has 0 fully saturated rings. The van der Waals surface area contributed by atoms with Crippen LogP contribution in [-0.2, 0) is 16.5 Å². The standard InChI is InChI=1S/2C18H22N2.Ni/c2*1-13(2)16-9-7-10-17(14(3)4)18(16)20-12-15-8-5-6-11-19-15;/h2*5-14H,1-4H3;. The number of hydrogen-bond acceptors (Lipinski definition) is 4. The van der Waals surface area contributed by atoms with Crippen molar-refractivity contribution < 1.29 is 16.5 Å². The van der Waals surface area contributed by atoms with E-state index in [-0.39, 0.29) is 16.5 Å². The van der Waals surface area contributed by atoms with Crippen molar-refractivity contribution in [3.8, 4) is 0 Å². The van der Waals surface area contributed by atoms with Gasteiger partial charge < -0.3 is 0 Å². The van der Waals surface area contributed by atoms with E-state index in [0.717, 1.165) is 22.8 Å². The number of pyridine rings is 2. The molecule has 0 N–H and O–H groups in total. The van der Waals surface area contributed by atoms with E-state index in [2.05, 4.69) is 102 Å². The van der Waals surface area contributed by atoms with Gasteiger partial charge in [-0.25, -0.2) is 0 Å². The number of aromatic nitrogens is 2. The van der Waals surface area contributed by atoms with Crippen LogP contribution < -0.4 is 0 Å². The van der Waals surface area contributed by atoms with Gasteiger partial charge in [0.1, 0.15) is 0 Å². The van der Waals surface area contributed by atoms with Crippen molar-refractivity contribution in [2.75, 3.05) is 0 Å². The summed E-state index contributed by atoms with van der Waals surface area (Å²) in [5.41, 5.74) is 9.16. The molecule has 4 nitrogen and oxygen atoms in total. The summed E-state index contributed by atoms with van der Waals surface area (Å²) in [4.78, 5) is 18.0. The van der Waals surface area contributed by atoms with E-state index < -0.39 is 0 Å². The predicted octanol–water partition coefficient (Wildman–Crippen LogP) is 10.2. The van der Waals surface area contributed by atoms with E-state index in [1.54, 1.807) is 12.4 Å². The molecule has 41 heavy (non-hydrogen) atoms. The van der Waals surface area contributed by atoms with Crippen LogP contribution in [0, 0.1) is 0 Å². The minimum atomic E-state index is 0. The van der Waals surface area contributed by atoms with E-state index in [9.17, 15) is 0 Å². The van der Waals surface area contributed by atoms with Gasteiger partial charge in [0.2, 0.25) is 0 Å². The van der Waals surface area contributed by atoms with Crippen molar-refractivity contribution in [1.82, 2.24) is 9.97 Å². The van der Waals surface area contributed by atoms with Gasteiger partial charge in [0.05, 0.1) is 35.2 Å². The molecule has 0 unspecified atom stereocenters. The molecule has 5 heteroatoms. The quantitative estimate of drug-likeness (QED) is 0.151. The topological polar surface area (TPSA) is 50.5 Å². The molecule has 0 aliphatic carbocycles. The Morgan fingerprint density at radius 3 is 1.02 bits per heavy atom. The van der Waals surface area contributed by atoms with Gasteiger partial charge in [-0.3, -0.25) is 20.0 Å². The Balaban J connectivity index is 0.000000280. The van der Waals surface area contributed by atoms with Crippen molar-refractivity contribution >= 4 is 23.8 Å². The zero-order valence-corrected chi connectivity index (χ0v) is 26.6. The van der Waals surface area contributed by atoms with E-state index in [1.165, 1.54) is 22.3 Å². The van der Waals surface area contributed by atoms with Gasteiger partial charge in [-0.1, -0.05) is 104 Å². The summed E-state index contributed by atoms with van der Waals surface area (Å²) in [5.74, 6) is 1.85. The van der Waals surface area contributed by atoms with Gasteiger partial charge in [0, 0.05) is 28.9 Å². The van der Waals surface area contributed by atoms with Crippen molar-refractivity contribution in [3.63, 3.8) is 0 Å². The Labute approximate surface area is 257 Å². The average Bonchev–Trinajstić information content (AvgIpc) is 2.95. The first kappa shape index (κ1) is 33.8. The van der Waals surface area contributed by atoms with Crippen molar-refractivity contribution in [1.29, 1.82) is 0 Å². The van der Waals surface area contributed by atoms with E-state index in [0.29, 0.717) is 23.7 Å². The number of nitrogens with zero attached hydrogens (tertiary/aromatic N) is 4. The Morgan fingerprint density at radius 1 is 0.463 bits per heavy atom. The number of rotatable bonds is 8. The van der Waals surface area contributed by atoms with Crippen molar-refractivity contribution in [3.05, 3.63) is 119 Å². The number of para-hydroxylation sites is 2. The molecule has 0 amide bonds. The van der Waals surface area contributed by atoms with Crippen LogP contribution in [0.25, 0.3) is 0 Å². The van der Waals surface area contributed by atoms with Crippen LogP contribution in [0.2, 0.25) is 0 Å². The number of hydrogen-bond donors (Lipinski definition) is 0. The molecule has 0 radical (unpaired) electrons. The molecule has 0 aliphatic heterocycles. The van der Waals surface area contributed by atoms with Crippen LogP contribution in [0.1, 0.15) is 113 Å². The molecule has 0 saturated heterocycles.